The van der Waals surface area contributed by atoms with E-state index in [9.17, 15) is 0 Å². The minimum Gasteiger partial charge on any atom is -0.484 e. The number of nitrogens with one attached hydrogen (secondary N) is 1. The Morgan fingerprint density at radius 2 is 2.07 bits per heavy atom. The summed E-state index contributed by atoms with van der Waals surface area (Å²) in [5, 5.41) is 3.29. The summed E-state index contributed by atoms with van der Waals surface area (Å²) in [7, 11) is 0. The van der Waals surface area contributed by atoms with Gasteiger partial charge in [0, 0.05) is 24.9 Å². The zero-order chi connectivity index (χ0) is 19.8. The lowest BCUT2D eigenvalue weighted by atomic mass is 9.88. The smallest absolute Gasteiger partial charge is 0.222 e. The first-order valence-electron chi connectivity index (χ1n) is 9.93. The topological polar surface area (TPSA) is 85.4 Å². The highest BCUT2D eigenvalue weighted by Crippen LogP contribution is 2.30. The van der Waals surface area contributed by atoms with Crippen molar-refractivity contribution in [1.82, 2.24) is 9.97 Å². The van der Waals surface area contributed by atoms with Gasteiger partial charge in [0.2, 0.25) is 5.95 Å². The monoisotopic (exact) mass is 379 g/mol. The highest BCUT2D eigenvalue weighted by Gasteiger charge is 2.21. The third-order valence-electron chi connectivity index (χ3n) is 4.95. The first-order chi connectivity index (χ1) is 13.7. The average Bonchev–Trinajstić information content (AvgIpc) is 3.15. The van der Waals surface area contributed by atoms with Crippen LogP contribution in [0.3, 0.4) is 0 Å². The van der Waals surface area contributed by atoms with E-state index in [4.69, 9.17) is 10.5 Å². The van der Waals surface area contributed by atoms with Crippen molar-refractivity contribution in [3.8, 4) is 5.75 Å². The zero-order valence-corrected chi connectivity index (χ0v) is 16.6. The maximum absolute atomic E-state index is 6.03. The van der Waals surface area contributed by atoms with E-state index < -0.39 is 0 Å². The van der Waals surface area contributed by atoms with Gasteiger partial charge < -0.3 is 15.8 Å². The number of unbranched alkanes of at least 4 members (excludes halogenated alkanes) is 1. The molecule has 2 aromatic rings. The number of hydrogen-bond donors (Lipinski definition) is 2. The van der Waals surface area contributed by atoms with Crippen molar-refractivity contribution in [2.75, 3.05) is 24.2 Å². The molecular weight excluding hydrogens is 350 g/mol. The van der Waals surface area contributed by atoms with E-state index in [1.165, 1.54) is 11.1 Å². The molecule has 1 aliphatic heterocycles. The Morgan fingerprint density at radius 1 is 1.25 bits per heavy atom. The van der Waals surface area contributed by atoms with Crippen molar-refractivity contribution in [2.45, 2.75) is 39.0 Å². The first kappa shape index (κ1) is 19.9. The van der Waals surface area contributed by atoms with Gasteiger partial charge in [-0.1, -0.05) is 50.6 Å². The van der Waals surface area contributed by atoms with Crippen molar-refractivity contribution in [1.29, 1.82) is 0 Å². The van der Waals surface area contributed by atoms with E-state index in [-0.39, 0.29) is 11.9 Å². The molecule has 1 aromatic heterocycles. The largest absolute Gasteiger partial charge is 0.484 e. The molecule has 2 atom stereocenters. The summed E-state index contributed by atoms with van der Waals surface area (Å²) in [5.41, 5.74) is 8.24. The average molecular weight is 380 g/mol. The maximum atomic E-state index is 6.03. The van der Waals surface area contributed by atoms with E-state index in [2.05, 4.69) is 58.4 Å². The van der Waals surface area contributed by atoms with Crippen molar-refractivity contribution in [2.24, 2.45) is 10.9 Å². The Kier molecular flexibility index (Phi) is 7.00. The number of rotatable bonds is 10. The van der Waals surface area contributed by atoms with Crippen LogP contribution in [0.4, 0.5) is 11.8 Å². The molecular formula is C22H29N5O. The molecule has 6 heteroatoms. The van der Waals surface area contributed by atoms with Crippen molar-refractivity contribution in [3.05, 3.63) is 53.9 Å². The van der Waals surface area contributed by atoms with E-state index >= 15 is 0 Å². The lowest BCUT2D eigenvalue weighted by Gasteiger charge is -2.19. The molecule has 1 aromatic carbocycles. The van der Waals surface area contributed by atoms with Crippen molar-refractivity contribution in [3.63, 3.8) is 0 Å². The second kappa shape index (κ2) is 9.88. The Hall–Kier alpha value is -2.89. The quantitative estimate of drug-likeness (QED) is 0.597. The predicted molar refractivity (Wildman–Crippen MR) is 115 cm³/mol. The van der Waals surface area contributed by atoms with Gasteiger partial charge in [0.1, 0.15) is 6.61 Å². The number of anilines is 2. The van der Waals surface area contributed by atoms with Crippen LogP contribution in [0.15, 0.2) is 53.3 Å². The molecule has 0 spiro atoms. The molecule has 0 bridgehead atoms. The van der Waals surface area contributed by atoms with Crippen LogP contribution in [0.2, 0.25) is 0 Å². The highest BCUT2D eigenvalue weighted by molar-refractivity contribution is 5.69. The maximum Gasteiger partial charge on any atom is 0.222 e. The summed E-state index contributed by atoms with van der Waals surface area (Å²) in [5.74, 6) is 2.23. The predicted octanol–water partition coefficient (Wildman–Crippen LogP) is 4.43. The molecule has 3 rings (SSSR count). The molecule has 148 valence electrons. The zero-order valence-electron chi connectivity index (χ0n) is 16.6. The Balaban J connectivity index is 1.59. The van der Waals surface area contributed by atoms with Crippen LogP contribution >= 0.6 is 0 Å². The summed E-state index contributed by atoms with van der Waals surface area (Å²) in [6.07, 6.45) is 8.72. The van der Waals surface area contributed by atoms with Crippen LogP contribution in [-0.2, 0) is 0 Å². The molecule has 2 unspecified atom stereocenters. The first-order valence-corrected chi connectivity index (χ1v) is 9.93. The van der Waals surface area contributed by atoms with Gasteiger partial charge in [-0.2, -0.15) is 4.98 Å². The van der Waals surface area contributed by atoms with Crippen LogP contribution in [0.5, 0.6) is 5.75 Å². The lowest BCUT2D eigenvalue weighted by Crippen LogP contribution is -2.14. The Morgan fingerprint density at radius 3 is 2.86 bits per heavy atom. The fourth-order valence-electron chi connectivity index (χ4n) is 3.25. The standard InChI is InChI=1S/C22H29N5O/c1-3-4-10-25-21-20(14-26-22(23)27-21)28-15-19-13-24-12-18(19)11-16(2)17-8-6-5-7-9-17/h5-9,12-14,16,18H,3-4,10-11,15H2,1-2H3,(H3,23,25,26,27). The van der Waals surface area contributed by atoms with E-state index in [1.54, 1.807) is 6.20 Å². The van der Waals surface area contributed by atoms with Gasteiger partial charge in [0.25, 0.3) is 0 Å². The van der Waals surface area contributed by atoms with E-state index in [0.717, 1.165) is 25.8 Å². The van der Waals surface area contributed by atoms with Gasteiger partial charge in [-0.25, -0.2) is 4.98 Å². The number of nitrogen functional groups attached to an aromatic ring is 1. The molecule has 6 nitrogen and oxygen atoms in total. The molecule has 0 aliphatic carbocycles. The summed E-state index contributed by atoms with van der Waals surface area (Å²) < 4.78 is 6.03. The van der Waals surface area contributed by atoms with Gasteiger partial charge in [-0.3, -0.25) is 4.99 Å². The van der Waals surface area contributed by atoms with E-state index in [0.29, 0.717) is 24.1 Å². The Bertz CT molecular complexity index is 819. The summed E-state index contributed by atoms with van der Waals surface area (Å²) in [4.78, 5) is 12.7. The van der Waals surface area contributed by atoms with E-state index in [1.807, 2.05) is 18.5 Å². The highest BCUT2D eigenvalue weighted by atomic mass is 16.5. The lowest BCUT2D eigenvalue weighted by molar-refractivity contribution is 0.339. The van der Waals surface area contributed by atoms with Gasteiger partial charge in [-0.05, 0) is 29.9 Å². The van der Waals surface area contributed by atoms with Crippen LogP contribution < -0.4 is 15.8 Å². The molecule has 2 heterocycles. The molecule has 3 N–H and O–H groups in total. The van der Waals surface area contributed by atoms with Crippen LogP contribution in [0.25, 0.3) is 0 Å². The number of aromatic nitrogens is 2. The molecule has 0 saturated carbocycles. The second-order valence-electron chi connectivity index (χ2n) is 7.17. The number of nitrogens with zero attached hydrogens (tertiary/aromatic N) is 3. The fraction of sp³-hybridized carbons (Fsp3) is 0.409. The number of nitrogens with two attached hydrogens (primary N) is 1. The second-order valence-corrected chi connectivity index (χ2v) is 7.17. The third-order valence-corrected chi connectivity index (χ3v) is 4.95. The van der Waals surface area contributed by atoms with Crippen molar-refractivity contribution < 1.29 is 4.74 Å². The van der Waals surface area contributed by atoms with Gasteiger partial charge in [0.15, 0.2) is 11.6 Å². The normalized spacial score (nSPS) is 16.6. The molecule has 1 aliphatic rings. The minimum atomic E-state index is 0.240. The number of aliphatic imine (C=N–C) groups is 1. The summed E-state index contributed by atoms with van der Waals surface area (Å²) in [6, 6.07) is 10.6. The Labute approximate surface area is 167 Å². The molecule has 28 heavy (non-hydrogen) atoms. The molecule has 0 fully saturated rings. The number of hydrogen-bond acceptors (Lipinski definition) is 6. The SMILES string of the molecule is CCCCNc1nc(N)ncc1OCC1=CN=CC1CC(C)c1ccccc1. The third kappa shape index (κ3) is 5.31. The molecule has 0 radical (unpaired) electrons. The van der Waals surface area contributed by atoms with Crippen LogP contribution in [0, 0.1) is 5.92 Å². The number of ether oxygens (including phenoxy) is 1. The van der Waals surface area contributed by atoms with Gasteiger partial charge in [-0.15, -0.1) is 0 Å². The summed E-state index contributed by atoms with van der Waals surface area (Å²) in [6.45, 7) is 5.69. The summed E-state index contributed by atoms with van der Waals surface area (Å²) >= 11 is 0. The number of benzene rings is 1. The molecule has 0 amide bonds. The van der Waals surface area contributed by atoms with Gasteiger partial charge in [0.05, 0.1) is 6.20 Å². The minimum absolute atomic E-state index is 0.240. The van der Waals surface area contributed by atoms with Crippen LogP contribution in [-0.4, -0.2) is 29.3 Å². The fourth-order valence-corrected chi connectivity index (χ4v) is 3.25. The molecule has 0 saturated heterocycles. The van der Waals surface area contributed by atoms with Crippen molar-refractivity contribution >= 4 is 18.0 Å². The van der Waals surface area contributed by atoms with Gasteiger partial charge >= 0.3 is 0 Å². The van der Waals surface area contributed by atoms with Crippen LogP contribution in [0.1, 0.15) is 44.6 Å².